The van der Waals surface area contributed by atoms with E-state index in [1.54, 1.807) is 29.2 Å². The van der Waals surface area contributed by atoms with Gasteiger partial charge in [-0.3, -0.25) is 28.8 Å². The number of hydrogen-bond donors (Lipinski definition) is 5. The van der Waals surface area contributed by atoms with Gasteiger partial charge in [0.2, 0.25) is 35.4 Å². The van der Waals surface area contributed by atoms with E-state index in [-0.39, 0.29) is 80.4 Å². The summed E-state index contributed by atoms with van der Waals surface area (Å²) in [7, 11) is 0. The van der Waals surface area contributed by atoms with E-state index in [0.29, 0.717) is 36.9 Å². The molecule has 0 unspecified atom stereocenters. The van der Waals surface area contributed by atoms with Crippen molar-refractivity contribution in [3.8, 4) is 11.1 Å². The summed E-state index contributed by atoms with van der Waals surface area (Å²) in [5.74, 6) is -3.01. The number of nitrogens with two attached hydrogens (primary N) is 1. The van der Waals surface area contributed by atoms with Gasteiger partial charge in [0.25, 0.3) is 0 Å². The van der Waals surface area contributed by atoms with Crippen molar-refractivity contribution in [1.29, 1.82) is 0 Å². The molecule has 1 radical (unpaired) electrons. The molecule has 4 aromatic rings. The van der Waals surface area contributed by atoms with E-state index < -0.39 is 47.0 Å². The van der Waals surface area contributed by atoms with Crippen molar-refractivity contribution >= 4 is 35.4 Å². The maximum absolute atomic E-state index is 14.8. The number of carbonyl (C=O) groups excluding carboxylic acids is 6. The standard InChI is InChI=1S/C45H47N6O6.La/c46-42(55)37-22-24-47-39(52)20-21-41(54)51-25-9-23-45(30-51,28-32-10-3-1-4-11-32)44(57)50-38(26-31-16-18-34(19-17-31)33-12-5-2-6-13-33)43(56)48-29-36-15-8-7-14-35(36)27-40(53)49-37;/h1,3-8,10-21,37-38H,9,22-30H2,(H2,46,55)(H,47,52)(H,48,56)(H,49,53)(H,50,57);/q-1;/b21-20+;/t37-,38-,45-;/m0./s1. The summed E-state index contributed by atoms with van der Waals surface area (Å²) in [5, 5.41) is 11.4. The van der Waals surface area contributed by atoms with Crippen molar-refractivity contribution in [3.63, 3.8) is 0 Å². The maximum atomic E-state index is 14.8. The molecule has 6 N–H and O–H groups in total. The van der Waals surface area contributed by atoms with Crippen LogP contribution in [0.3, 0.4) is 0 Å². The van der Waals surface area contributed by atoms with Gasteiger partial charge in [-0.15, -0.1) is 5.56 Å². The molecule has 0 spiro atoms. The number of carbonyl (C=O) groups is 6. The third-order valence-electron chi connectivity index (χ3n) is 10.5. The topological polar surface area (TPSA) is 180 Å². The zero-order valence-electron chi connectivity index (χ0n) is 32.2. The van der Waals surface area contributed by atoms with Crippen LogP contribution in [0, 0.1) is 47.1 Å². The molecule has 6 amide bonds. The largest absolute Gasteiger partial charge is 0.368 e. The first kappa shape index (κ1) is 43.8. The molecule has 1 fully saturated rings. The Labute approximate surface area is 366 Å². The van der Waals surface area contributed by atoms with E-state index >= 15 is 0 Å². The van der Waals surface area contributed by atoms with Gasteiger partial charge < -0.3 is 31.9 Å². The minimum Gasteiger partial charge on any atom is -0.368 e. The number of primary amides is 1. The summed E-state index contributed by atoms with van der Waals surface area (Å²) < 4.78 is 0. The minimum absolute atomic E-state index is 0. The van der Waals surface area contributed by atoms with Crippen molar-refractivity contribution < 1.29 is 64.4 Å². The molecule has 13 heteroatoms. The molecule has 3 atom stereocenters. The van der Waals surface area contributed by atoms with Crippen LogP contribution in [0.15, 0.2) is 115 Å². The third-order valence-corrected chi connectivity index (χ3v) is 10.5. The molecular formula is C45H47LaN6O6-. The van der Waals surface area contributed by atoms with Crippen LogP contribution in [0.1, 0.15) is 41.5 Å². The predicted octanol–water partition coefficient (Wildman–Crippen LogP) is 2.94. The second-order valence-electron chi connectivity index (χ2n) is 14.6. The zero-order valence-corrected chi connectivity index (χ0v) is 35.9. The number of nitrogens with zero attached hydrogens (tertiary/aromatic N) is 1. The van der Waals surface area contributed by atoms with E-state index in [4.69, 9.17) is 5.73 Å². The molecular weight excluding hydrogens is 859 g/mol. The average molecular weight is 907 g/mol. The Kier molecular flexibility index (Phi) is 15.7. The number of amides is 6. The molecule has 58 heavy (non-hydrogen) atoms. The first-order chi connectivity index (χ1) is 27.6. The number of piperidine rings is 1. The van der Waals surface area contributed by atoms with Gasteiger partial charge in [0.05, 0.1) is 11.8 Å². The van der Waals surface area contributed by atoms with E-state index in [9.17, 15) is 28.8 Å². The van der Waals surface area contributed by atoms with Crippen molar-refractivity contribution in [2.45, 2.75) is 57.2 Å². The summed E-state index contributed by atoms with van der Waals surface area (Å²) in [6, 6.07) is 33.1. The van der Waals surface area contributed by atoms with Crippen LogP contribution in [0.5, 0.6) is 0 Å². The third kappa shape index (κ3) is 11.8. The van der Waals surface area contributed by atoms with Gasteiger partial charge in [0, 0.05) is 80.4 Å². The van der Waals surface area contributed by atoms with E-state index in [1.807, 2.05) is 78.9 Å². The fourth-order valence-corrected chi connectivity index (χ4v) is 7.45. The Morgan fingerprint density at radius 3 is 2.21 bits per heavy atom. The molecule has 2 bridgehead atoms. The van der Waals surface area contributed by atoms with Crippen LogP contribution < -0.4 is 27.0 Å². The second-order valence-corrected chi connectivity index (χ2v) is 14.6. The van der Waals surface area contributed by atoms with Gasteiger partial charge in [-0.25, -0.2) is 0 Å². The molecule has 1 saturated heterocycles. The average Bonchev–Trinajstić information content (AvgIpc) is 3.22. The van der Waals surface area contributed by atoms with Gasteiger partial charge >= 0.3 is 0 Å². The Hall–Kier alpha value is -5.37. The van der Waals surface area contributed by atoms with Crippen molar-refractivity contribution in [3.05, 3.63) is 144 Å². The Bertz CT molecular complexity index is 2110. The first-order valence-electron chi connectivity index (χ1n) is 19.2. The van der Waals surface area contributed by atoms with Crippen LogP contribution in [-0.2, 0) is 54.6 Å². The summed E-state index contributed by atoms with van der Waals surface area (Å²) >= 11 is 0. The zero-order chi connectivity index (χ0) is 40.2. The van der Waals surface area contributed by atoms with Crippen LogP contribution in [0.2, 0.25) is 0 Å². The van der Waals surface area contributed by atoms with Crippen LogP contribution in [-0.4, -0.2) is 72.1 Å². The smallest absolute Gasteiger partial charge is 0.246 e. The number of rotatable bonds is 6. The summed E-state index contributed by atoms with van der Waals surface area (Å²) in [5.41, 5.74) is 9.54. The first-order valence-corrected chi connectivity index (χ1v) is 19.2. The summed E-state index contributed by atoms with van der Waals surface area (Å²) in [4.78, 5) is 82.2. The number of nitrogens with one attached hydrogen (secondary N) is 4. The van der Waals surface area contributed by atoms with E-state index in [0.717, 1.165) is 34.4 Å². The Balaban J connectivity index is 0.00000641. The number of hydrogen-bond acceptors (Lipinski definition) is 6. The van der Waals surface area contributed by atoms with Gasteiger partial charge in [0.15, 0.2) is 0 Å². The van der Waals surface area contributed by atoms with Crippen molar-refractivity contribution in [2.24, 2.45) is 11.1 Å². The molecule has 12 nitrogen and oxygen atoms in total. The molecule has 2 aliphatic heterocycles. The minimum atomic E-state index is -1.08. The normalized spacial score (nSPS) is 21.6. The van der Waals surface area contributed by atoms with Crippen molar-refractivity contribution in [2.75, 3.05) is 19.6 Å². The molecule has 6 rings (SSSR count). The van der Waals surface area contributed by atoms with Crippen molar-refractivity contribution in [1.82, 2.24) is 26.2 Å². The SMILES string of the molecule is NC(=O)[C@@H]1CCNC(=O)/C=C/C(=O)N2CCC[C@](Cc3ccccc3)(C2)C(=O)N[C@@H](Cc2ccc(-c3cc[c-]cc3)cc2)C(=O)NCc2ccccc2CC(=O)N1.[La]. The molecule has 0 aliphatic carbocycles. The second kappa shape index (κ2) is 20.9. The van der Waals surface area contributed by atoms with E-state index in [2.05, 4.69) is 27.3 Å². The molecule has 0 aromatic heterocycles. The summed E-state index contributed by atoms with van der Waals surface area (Å²) in [6.45, 7) is 0.524. The van der Waals surface area contributed by atoms with Gasteiger partial charge in [-0.1, -0.05) is 78.9 Å². The Morgan fingerprint density at radius 2 is 1.48 bits per heavy atom. The van der Waals surface area contributed by atoms with Crippen LogP contribution >= 0.6 is 0 Å². The fraction of sp³-hybridized carbons (Fsp3) is 0.289. The quantitative estimate of drug-likeness (QED) is 0.186. The molecule has 0 saturated carbocycles. The molecule has 2 aliphatic rings. The van der Waals surface area contributed by atoms with Crippen LogP contribution in [0.4, 0.5) is 0 Å². The Morgan fingerprint density at radius 1 is 0.793 bits per heavy atom. The number of benzene rings is 4. The monoisotopic (exact) mass is 906 g/mol. The van der Waals surface area contributed by atoms with E-state index in [1.165, 1.54) is 0 Å². The molecule has 2 heterocycles. The molecule has 297 valence electrons. The predicted molar refractivity (Wildman–Crippen MR) is 215 cm³/mol. The van der Waals surface area contributed by atoms with Crippen LogP contribution in [0.25, 0.3) is 11.1 Å². The fourth-order valence-electron chi connectivity index (χ4n) is 7.45. The van der Waals surface area contributed by atoms with Gasteiger partial charge in [0.1, 0.15) is 12.1 Å². The molecule has 4 aromatic carbocycles. The number of fused-ring (bicyclic) bond motifs is 3. The van der Waals surface area contributed by atoms with Gasteiger partial charge in [-0.05, 0) is 53.5 Å². The summed E-state index contributed by atoms with van der Waals surface area (Å²) in [6.07, 6.45) is 3.70. The maximum Gasteiger partial charge on any atom is 0.246 e. The van der Waals surface area contributed by atoms with Gasteiger partial charge in [-0.2, -0.15) is 30.3 Å².